The number of ether oxygens (including phenoxy) is 1. The molecule has 0 atom stereocenters. The maximum atomic E-state index is 11.8. The van der Waals surface area contributed by atoms with Crippen LogP contribution in [0.25, 0.3) is 0 Å². The van der Waals surface area contributed by atoms with Gasteiger partial charge < -0.3 is 10.1 Å². The van der Waals surface area contributed by atoms with Crippen LogP contribution in [0, 0.1) is 13.8 Å². The topological polar surface area (TPSA) is 38.3 Å². The summed E-state index contributed by atoms with van der Waals surface area (Å²) in [6.07, 6.45) is 1.80. The van der Waals surface area contributed by atoms with Crippen LogP contribution in [-0.2, 0) is 11.2 Å². The molecular formula is C19H22ClNO2. The van der Waals surface area contributed by atoms with Gasteiger partial charge in [-0.3, -0.25) is 4.79 Å². The first-order chi connectivity index (χ1) is 11.0. The predicted molar refractivity (Wildman–Crippen MR) is 94.2 cm³/mol. The highest BCUT2D eigenvalue weighted by Crippen LogP contribution is 2.18. The molecule has 0 saturated carbocycles. The molecule has 122 valence electrons. The fraction of sp³-hybridized carbons (Fsp3) is 0.316. The molecule has 1 amide bonds. The van der Waals surface area contributed by atoms with Crippen LogP contribution >= 0.6 is 11.6 Å². The lowest BCUT2D eigenvalue weighted by molar-refractivity contribution is -0.123. The predicted octanol–water partition coefficient (Wildman–Crippen LogP) is 4.08. The summed E-state index contributed by atoms with van der Waals surface area (Å²) >= 11 is 5.85. The molecule has 0 fully saturated rings. The summed E-state index contributed by atoms with van der Waals surface area (Å²) < 4.78 is 5.58. The van der Waals surface area contributed by atoms with Crippen molar-refractivity contribution in [3.8, 4) is 5.75 Å². The van der Waals surface area contributed by atoms with Crippen molar-refractivity contribution in [1.29, 1.82) is 0 Å². The zero-order valence-corrected chi connectivity index (χ0v) is 14.3. The summed E-state index contributed by atoms with van der Waals surface area (Å²) in [5.74, 6) is 0.670. The van der Waals surface area contributed by atoms with Gasteiger partial charge >= 0.3 is 0 Å². The Morgan fingerprint density at radius 3 is 2.61 bits per heavy atom. The van der Waals surface area contributed by atoms with Crippen LogP contribution in [0.3, 0.4) is 0 Å². The van der Waals surface area contributed by atoms with Gasteiger partial charge in [0.1, 0.15) is 5.75 Å². The molecular weight excluding hydrogens is 310 g/mol. The van der Waals surface area contributed by atoms with Gasteiger partial charge in [-0.1, -0.05) is 35.9 Å². The van der Waals surface area contributed by atoms with E-state index in [4.69, 9.17) is 16.3 Å². The first-order valence-corrected chi connectivity index (χ1v) is 8.13. The lowest BCUT2D eigenvalue weighted by Gasteiger charge is -2.10. The standard InChI is InChI=1S/C19H22ClNO2/c1-14-5-6-15(2)18(12-14)23-13-19(22)21-11-3-4-16-7-9-17(20)10-8-16/h5-10,12H,3-4,11,13H2,1-2H3,(H,21,22). The molecule has 0 saturated heterocycles. The summed E-state index contributed by atoms with van der Waals surface area (Å²) in [5.41, 5.74) is 3.37. The number of aryl methyl sites for hydroxylation is 3. The number of hydrogen-bond donors (Lipinski definition) is 1. The first-order valence-electron chi connectivity index (χ1n) is 7.76. The van der Waals surface area contributed by atoms with Crippen molar-refractivity contribution in [3.63, 3.8) is 0 Å². The van der Waals surface area contributed by atoms with E-state index in [2.05, 4.69) is 5.32 Å². The fourth-order valence-corrected chi connectivity index (χ4v) is 2.35. The number of nitrogens with one attached hydrogen (secondary N) is 1. The summed E-state index contributed by atoms with van der Waals surface area (Å²) in [7, 11) is 0. The highest BCUT2D eigenvalue weighted by molar-refractivity contribution is 6.30. The van der Waals surface area contributed by atoms with Crippen molar-refractivity contribution in [2.45, 2.75) is 26.7 Å². The van der Waals surface area contributed by atoms with E-state index < -0.39 is 0 Å². The Kier molecular flexibility index (Phi) is 6.48. The van der Waals surface area contributed by atoms with Gasteiger partial charge in [-0.15, -0.1) is 0 Å². The maximum Gasteiger partial charge on any atom is 0.257 e. The van der Waals surface area contributed by atoms with Gasteiger partial charge in [0.2, 0.25) is 0 Å². The Bertz CT molecular complexity index is 653. The number of halogens is 1. The number of carbonyl (C=O) groups is 1. The van der Waals surface area contributed by atoms with Crippen LogP contribution < -0.4 is 10.1 Å². The van der Waals surface area contributed by atoms with Gasteiger partial charge in [-0.2, -0.15) is 0 Å². The van der Waals surface area contributed by atoms with Gasteiger partial charge in [0, 0.05) is 11.6 Å². The molecule has 0 aliphatic rings. The Morgan fingerprint density at radius 1 is 1.13 bits per heavy atom. The molecule has 4 heteroatoms. The molecule has 23 heavy (non-hydrogen) atoms. The van der Waals surface area contributed by atoms with E-state index in [0.717, 1.165) is 34.7 Å². The maximum absolute atomic E-state index is 11.8. The van der Waals surface area contributed by atoms with E-state index in [0.29, 0.717) is 6.54 Å². The summed E-state index contributed by atoms with van der Waals surface area (Å²) in [6, 6.07) is 13.7. The molecule has 0 aliphatic carbocycles. The number of hydrogen-bond acceptors (Lipinski definition) is 2. The Morgan fingerprint density at radius 2 is 1.87 bits per heavy atom. The zero-order chi connectivity index (χ0) is 16.7. The average Bonchev–Trinajstić information content (AvgIpc) is 2.54. The van der Waals surface area contributed by atoms with Crippen LogP contribution in [0.15, 0.2) is 42.5 Å². The summed E-state index contributed by atoms with van der Waals surface area (Å²) in [4.78, 5) is 11.8. The van der Waals surface area contributed by atoms with Crippen molar-refractivity contribution in [2.75, 3.05) is 13.2 Å². The first kappa shape index (κ1) is 17.4. The lowest BCUT2D eigenvalue weighted by Crippen LogP contribution is -2.30. The van der Waals surface area contributed by atoms with Crippen molar-refractivity contribution in [1.82, 2.24) is 5.32 Å². The van der Waals surface area contributed by atoms with Crippen LogP contribution in [-0.4, -0.2) is 19.1 Å². The summed E-state index contributed by atoms with van der Waals surface area (Å²) in [5, 5.41) is 3.62. The van der Waals surface area contributed by atoms with Gasteiger partial charge in [0.25, 0.3) is 5.91 Å². The highest BCUT2D eigenvalue weighted by Gasteiger charge is 2.05. The smallest absolute Gasteiger partial charge is 0.257 e. The third-order valence-corrected chi connectivity index (χ3v) is 3.83. The van der Waals surface area contributed by atoms with Crippen LogP contribution in [0.5, 0.6) is 5.75 Å². The molecule has 1 N–H and O–H groups in total. The third-order valence-electron chi connectivity index (χ3n) is 3.58. The molecule has 0 heterocycles. The molecule has 2 aromatic rings. The molecule has 0 radical (unpaired) electrons. The number of amides is 1. The van der Waals surface area contributed by atoms with E-state index in [1.165, 1.54) is 5.56 Å². The fourth-order valence-electron chi connectivity index (χ4n) is 2.23. The number of rotatable bonds is 7. The minimum atomic E-state index is -0.0954. The molecule has 0 aromatic heterocycles. The van der Waals surface area contributed by atoms with Gasteiger partial charge in [-0.25, -0.2) is 0 Å². The highest BCUT2D eigenvalue weighted by atomic mass is 35.5. The van der Waals surface area contributed by atoms with E-state index in [-0.39, 0.29) is 12.5 Å². The third kappa shape index (κ3) is 5.95. The van der Waals surface area contributed by atoms with Crippen LogP contribution in [0.4, 0.5) is 0 Å². The molecule has 0 spiro atoms. The van der Waals surface area contributed by atoms with Gasteiger partial charge in [0.05, 0.1) is 0 Å². The minimum absolute atomic E-state index is 0.0469. The Balaban J connectivity index is 1.67. The van der Waals surface area contributed by atoms with E-state index >= 15 is 0 Å². The molecule has 2 rings (SSSR count). The van der Waals surface area contributed by atoms with Crippen LogP contribution in [0.2, 0.25) is 5.02 Å². The quantitative estimate of drug-likeness (QED) is 0.776. The Hall–Kier alpha value is -2.00. The molecule has 0 aliphatic heterocycles. The largest absolute Gasteiger partial charge is 0.483 e. The molecule has 2 aromatic carbocycles. The normalized spacial score (nSPS) is 10.4. The number of carbonyl (C=O) groups excluding carboxylic acids is 1. The zero-order valence-electron chi connectivity index (χ0n) is 13.6. The molecule has 0 bridgehead atoms. The van der Waals surface area contributed by atoms with Gasteiger partial charge in [0.15, 0.2) is 6.61 Å². The van der Waals surface area contributed by atoms with Crippen LogP contribution in [0.1, 0.15) is 23.1 Å². The van der Waals surface area contributed by atoms with E-state index in [1.54, 1.807) is 0 Å². The van der Waals surface area contributed by atoms with E-state index in [9.17, 15) is 4.79 Å². The summed E-state index contributed by atoms with van der Waals surface area (Å²) in [6.45, 7) is 4.66. The van der Waals surface area contributed by atoms with Crippen molar-refractivity contribution < 1.29 is 9.53 Å². The van der Waals surface area contributed by atoms with Crippen molar-refractivity contribution >= 4 is 17.5 Å². The second-order valence-corrected chi connectivity index (χ2v) is 6.07. The minimum Gasteiger partial charge on any atom is -0.483 e. The second-order valence-electron chi connectivity index (χ2n) is 5.64. The average molecular weight is 332 g/mol. The lowest BCUT2D eigenvalue weighted by atomic mass is 10.1. The monoisotopic (exact) mass is 331 g/mol. The van der Waals surface area contributed by atoms with Gasteiger partial charge in [-0.05, 0) is 61.6 Å². The van der Waals surface area contributed by atoms with Crippen molar-refractivity contribution in [3.05, 3.63) is 64.2 Å². The van der Waals surface area contributed by atoms with Crippen molar-refractivity contribution in [2.24, 2.45) is 0 Å². The number of benzene rings is 2. The Labute approximate surface area is 142 Å². The SMILES string of the molecule is Cc1ccc(C)c(OCC(=O)NCCCc2ccc(Cl)cc2)c1. The van der Waals surface area contributed by atoms with E-state index in [1.807, 2.05) is 56.3 Å². The molecule has 0 unspecified atom stereocenters. The molecule has 3 nitrogen and oxygen atoms in total. The second kappa shape index (κ2) is 8.59.